The molecule has 0 saturated heterocycles. The van der Waals surface area contributed by atoms with E-state index in [1.165, 1.54) is 12.8 Å². The van der Waals surface area contributed by atoms with E-state index in [1.807, 2.05) is 37.3 Å². The van der Waals surface area contributed by atoms with Crippen LogP contribution >= 0.6 is 0 Å². The van der Waals surface area contributed by atoms with Crippen molar-refractivity contribution >= 4 is 12.1 Å². The zero-order chi connectivity index (χ0) is 24.0. The van der Waals surface area contributed by atoms with Gasteiger partial charge in [0.05, 0.1) is 6.61 Å². The second kappa shape index (κ2) is 10.8. The van der Waals surface area contributed by atoms with Gasteiger partial charge in [0.2, 0.25) is 0 Å². The van der Waals surface area contributed by atoms with Crippen LogP contribution in [0, 0.1) is 5.92 Å². The van der Waals surface area contributed by atoms with Gasteiger partial charge in [-0.25, -0.2) is 9.59 Å². The average Bonchev–Trinajstić information content (AvgIpc) is 3.58. The number of amides is 1. The molecule has 1 fully saturated rings. The third kappa shape index (κ3) is 7.90. The quantitative estimate of drug-likeness (QED) is 0.496. The molecular weight excluding hydrogens is 418 g/mol. The van der Waals surface area contributed by atoms with Crippen molar-refractivity contribution in [2.24, 2.45) is 5.92 Å². The molecule has 6 heteroatoms. The minimum absolute atomic E-state index is 0.410. The topological polar surface area (TPSA) is 73.9 Å². The van der Waals surface area contributed by atoms with Crippen LogP contribution in [-0.2, 0) is 19.0 Å². The van der Waals surface area contributed by atoms with Gasteiger partial charge in [0.25, 0.3) is 0 Å². The van der Waals surface area contributed by atoms with E-state index in [2.05, 4.69) is 29.6 Å². The summed E-state index contributed by atoms with van der Waals surface area (Å²) >= 11 is 0. The van der Waals surface area contributed by atoms with E-state index >= 15 is 0 Å². The zero-order valence-electron chi connectivity index (χ0n) is 20.2. The number of esters is 1. The van der Waals surface area contributed by atoms with E-state index in [-0.39, 0.29) is 0 Å². The van der Waals surface area contributed by atoms with E-state index in [9.17, 15) is 9.59 Å². The summed E-state index contributed by atoms with van der Waals surface area (Å²) in [6, 6.07) is 17.4. The number of carbonyl (C=O) groups is 2. The van der Waals surface area contributed by atoms with Crippen LogP contribution < -0.4 is 5.32 Å². The van der Waals surface area contributed by atoms with Crippen LogP contribution in [0.2, 0.25) is 0 Å². The molecule has 2 aromatic rings. The first kappa shape index (κ1) is 24.8. The number of alkyl carbamates (subject to hydrolysis) is 1. The summed E-state index contributed by atoms with van der Waals surface area (Å²) in [7, 11) is 0. The Labute approximate surface area is 196 Å². The van der Waals surface area contributed by atoms with Gasteiger partial charge in [-0.1, -0.05) is 48.5 Å². The monoisotopic (exact) mass is 453 g/mol. The van der Waals surface area contributed by atoms with Crippen LogP contribution in [0.25, 0.3) is 11.1 Å². The predicted molar refractivity (Wildman–Crippen MR) is 128 cm³/mol. The summed E-state index contributed by atoms with van der Waals surface area (Å²) in [5, 5.41) is 2.53. The molecule has 3 rings (SSSR count). The highest BCUT2D eigenvalue weighted by molar-refractivity contribution is 5.81. The molecular formula is C27H35NO5. The lowest BCUT2D eigenvalue weighted by Gasteiger charge is -2.27. The highest BCUT2D eigenvalue weighted by Crippen LogP contribution is 2.34. The van der Waals surface area contributed by atoms with Gasteiger partial charge in [0.1, 0.15) is 23.9 Å². The summed E-state index contributed by atoms with van der Waals surface area (Å²) in [6.07, 6.45) is 0.734. The van der Waals surface area contributed by atoms with Crippen molar-refractivity contribution in [1.82, 2.24) is 5.32 Å². The van der Waals surface area contributed by atoms with E-state index in [0.29, 0.717) is 12.5 Å². The van der Waals surface area contributed by atoms with Crippen molar-refractivity contribution in [3.63, 3.8) is 0 Å². The molecule has 0 heterocycles. The van der Waals surface area contributed by atoms with Gasteiger partial charge >= 0.3 is 12.1 Å². The molecule has 0 spiro atoms. The largest absolute Gasteiger partial charge is 0.458 e. The fourth-order valence-electron chi connectivity index (χ4n) is 3.44. The van der Waals surface area contributed by atoms with Crippen LogP contribution in [0.1, 0.15) is 59.1 Å². The van der Waals surface area contributed by atoms with E-state index in [0.717, 1.165) is 16.7 Å². The first-order valence-electron chi connectivity index (χ1n) is 11.6. The van der Waals surface area contributed by atoms with Crippen molar-refractivity contribution in [2.75, 3.05) is 6.61 Å². The summed E-state index contributed by atoms with van der Waals surface area (Å²) in [6.45, 7) is 9.34. The Morgan fingerprint density at radius 2 is 1.67 bits per heavy atom. The Morgan fingerprint density at radius 3 is 2.30 bits per heavy atom. The van der Waals surface area contributed by atoms with Crippen LogP contribution in [-0.4, -0.2) is 36.4 Å². The summed E-state index contributed by atoms with van der Waals surface area (Å²) in [4.78, 5) is 24.7. The van der Waals surface area contributed by atoms with Crippen LogP contribution in [0.15, 0.2) is 54.6 Å². The van der Waals surface area contributed by atoms with Gasteiger partial charge in [-0.2, -0.15) is 0 Å². The molecule has 0 bridgehead atoms. The number of ether oxygens (including phenoxy) is 3. The van der Waals surface area contributed by atoms with Gasteiger partial charge in [0.15, 0.2) is 0 Å². The van der Waals surface area contributed by atoms with E-state index in [1.54, 1.807) is 27.7 Å². The maximum Gasteiger partial charge on any atom is 0.408 e. The zero-order valence-corrected chi connectivity index (χ0v) is 20.2. The van der Waals surface area contributed by atoms with Crippen LogP contribution in [0.3, 0.4) is 0 Å². The molecule has 1 saturated carbocycles. The molecule has 3 atom stereocenters. The molecule has 0 aliphatic heterocycles. The number of nitrogens with one attached hydrogen (secondary N) is 1. The summed E-state index contributed by atoms with van der Waals surface area (Å²) in [5.41, 5.74) is 2.49. The summed E-state index contributed by atoms with van der Waals surface area (Å²) < 4.78 is 17.2. The second-order valence-electron chi connectivity index (χ2n) is 9.70. The fraction of sp³-hybridized carbons (Fsp3) is 0.481. The Hall–Kier alpha value is -2.86. The van der Waals surface area contributed by atoms with Crippen LogP contribution in [0.4, 0.5) is 4.79 Å². The lowest BCUT2D eigenvalue weighted by Crippen LogP contribution is -2.43. The highest BCUT2D eigenvalue weighted by atomic mass is 16.6. The molecule has 1 aliphatic rings. The molecule has 1 aliphatic carbocycles. The van der Waals surface area contributed by atoms with Gasteiger partial charge in [0, 0.05) is 0 Å². The molecule has 1 N–H and O–H groups in total. The number of hydrogen-bond acceptors (Lipinski definition) is 5. The number of hydrogen-bond donors (Lipinski definition) is 1. The normalized spacial score (nSPS) is 16.4. The predicted octanol–water partition coefficient (Wildman–Crippen LogP) is 5.67. The highest BCUT2D eigenvalue weighted by Gasteiger charge is 2.30. The van der Waals surface area contributed by atoms with Crippen LogP contribution in [0.5, 0.6) is 0 Å². The first-order chi connectivity index (χ1) is 15.6. The van der Waals surface area contributed by atoms with Crippen molar-refractivity contribution in [3.8, 4) is 11.1 Å². The molecule has 0 unspecified atom stereocenters. The number of carbonyl (C=O) groups excluding carboxylic acids is 2. The molecule has 33 heavy (non-hydrogen) atoms. The maximum atomic E-state index is 12.7. The van der Waals surface area contributed by atoms with Gasteiger partial charge in [-0.15, -0.1) is 0 Å². The lowest BCUT2D eigenvalue weighted by molar-refractivity contribution is -0.158. The van der Waals surface area contributed by atoms with E-state index < -0.39 is 35.9 Å². The van der Waals surface area contributed by atoms with Gasteiger partial charge in [-0.3, -0.25) is 0 Å². The minimum atomic E-state index is -0.845. The molecule has 6 nitrogen and oxygen atoms in total. The number of rotatable bonds is 9. The Balaban J connectivity index is 1.70. The van der Waals surface area contributed by atoms with Crippen molar-refractivity contribution in [1.29, 1.82) is 0 Å². The molecule has 0 radical (unpaired) electrons. The Kier molecular flexibility index (Phi) is 8.14. The SMILES string of the molecule is C[C@H](NC(=O)OC(C)(C)C)C(=O)O[C@@H](C)[C@H](OCC1CC1)c1cccc(-c2ccccc2)c1. The Bertz CT molecular complexity index is 933. The third-order valence-corrected chi connectivity index (χ3v) is 5.35. The molecule has 0 aromatic heterocycles. The third-order valence-electron chi connectivity index (χ3n) is 5.35. The smallest absolute Gasteiger partial charge is 0.408 e. The van der Waals surface area contributed by atoms with Crippen molar-refractivity contribution in [3.05, 3.63) is 60.2 Å². The first-order valence-corrected chi connectivity index (χ1v) is 11.6. The fourth-order valence-corrected chi connectivity index (χ4v) is 3.44. The molecule has 1 amide bonds. The molecule has 178 valence electrons. The minimum Gasteiger partial charge on any atom is -0.458 e. The van der Waals surface area contributed by atoms with Gasteiger partial charge < -0.3 is 19.5 Å². The standard InChI is InChI=1S/C27H35NO5/c1-18(28-26(30)33-27(3,4)5)25(29)32-19(2)24(31-17-20-14-15-20)23-13-9-12-22(16-23)21-10-7-6-8-11-21/h6-13,16,18-20,24H,14-15,17H2,1-5H3,(H,28,30)/t18-,19-,24-/m0/s1. The van der Waals surface area contributed by atoms with Gasteiger partial charge in [-0.05, 0) is 76.1 Å². The van der Waals surface area contributed by atoms with Crippen molar-refractivity contribution in [2.45, 2.75) is 71.3 Å². The number of benzene rings is 2. The van der Waals surface area contributed by atoms with E-state index in [4.69, 9.17) is 14.2 Å². The average molecular weight is 454 g/mol. The Morgan fingerprint density at radius 1 is 1.00 bits per heavy atom. The maximum absolute atomic E-state index is 12.7. The van der Waals surface area contributed by atoms with Crippen molar-refractivity contribution < 1.29 is 23.8 Å². The summed E-state index contributed by atoms with van der Waals surface area (Å²) in [5.74, 6) is 0.0352. The lowest BCUT2D eigenvalue weighted by atomic mass is 9.98. The second-order valence-corrected chi connectivity index (χ2v) is 9.70. The molecule has 2 aromatic carbocycles.